The summed E-state index contributed by atoms with van der Waals surface area (Å²) in [5, 5.41) is 0. The molecule has 0 aromatic heterocycles. The van der Waals surface area contributed by atoms with Gasteiger partial charge in [-0.1, -0.05) is 0 Å². The molecule has 3 radical (unpaired) electrons. The predicted octanol–water partition coefficient (Wildman–Crippen LogP) is -5.66. The Labute approximate surface area is 105 Å². The maximum Gasteiger partial charge on any atom is 2.00 e. The number of phosphoric acid groups is 2. The van der Waals surface area contributed by atoms with E-state index >= 15 is 0 Å². The van der Waals surface area contributed by atoms with Crippen LogP contribution in [0.3, 0.4) is 0 Å². The average molecular weight is 355 g/mol. The number of hydrogen-bond donors (Lipinski definition) is 0. The molecule has 13 heteroatoms. The summed E-state index contributed by atoms with van der Waals surface area (Å²) >= 11 is 0. The largest absolute Gasteiger partial charge is 2.00 e. The molecule has 0 heterocycles. The van der Waals surface area contributed by atoms with Gasteiger partial charge in [-0.3, -0.25) is 0 Å². The smallest absolute Gasteiger partial charge is 0.822 e. The van der Waals surface area contributed by atoms with Gasteiger partial charge >= 0.3 is 51.2 Å². The fraction of sp³-hybridized carbons (Fsp3) is 0. The third-order valence-corrected chi connectivity index (χ3v) is 0. The average Bonchev–Trinajstić information content (AvgIpc) is 1.12. The van der Waals surface area contributed by atoms with E-state index in [2.05, 4.69) is 0 Å². The second-order valence-electron chi connectivity index (χ2n) is 0.894. The predicted molar refractivity (Wildman–Crippen MR) is 15.2 cm³/mol. The van der Waals surface area contributed by atoms with Crippen LogP contribution in [0.25, 0.3) is 0 Å². The SMILES string of the molecule is O=P([O-])([O-])[O-].O=P([O-])([O-])[O-].[Mn+2].[Mn+2].[Mn+2]. The second-order valence-corrected chi connectivity index (χ2v) is 2.68. The van der Waals surface area contributed by atoms with Crippen molar-refractivity contribution in [2.24, 2.45) is 0 Å². The Morgan fingerprint density at radius 2 is 0.538 bits per heavy atom. The first-order valence-corrected chi connectivity index (χ1v) is 4.38. The van der Waals surface area contributed by atoms with Gasteiger partial charge < -0.3 is 38.5 Å². The van der Waals surface area contributed by atoms with Gasteiger partial charge in [-0.15, -0.1) is 0 Å². The molecule has 0 spiro atoms. The number of rotatable bonds is 0. The zero-order valence-corrected chi connectivity index (χ0v) is 10.6. The molecule has 8 nitrogen and oxygen atoms in total. The second kappa shape index (κ2) is 11.9. The molecule has 0 aliphatic carbocycles. The van der Waals surface area contributed by atoms with Crippen molar-refractivity contribution in [1.82, 2.24) is 0 Å². The Kier molecular flexibility index (Phi) is 26.7. The van der Waals surface area contributed by atoms with Crippen LogP contribution in [-0.4, -0.2) is 0 Å². The van der Waals surface area contributed by atoms with Gasteiger partial charge in [0.05, 0.1) is 0 Å². The van der Waals surface area contributed by atoms with E-state index in [1.165, 1.54) is 0 Å². The maximum atomic E-state index is 8.55. The first-order valence-electron chi connectivity index (χ1n) is 1.46. The molecule has 0 atom stereocenters. The summed E-state index contributed by atoms with van der Waals surface area (Å²) < 4.78 is 17.1. The van der Waals surface area contributed by atoms with Crippen LogP contribution < -0.4 is 29.4 Å². The van der Waals surface area contributed by atoms with Gasteiger partial charge in [0.25, 0.3) is 0 Å². The fourth-order valence-electron chi connectivity index (χ4n) is 0. The van der Waals surface area contributed by atoms with Crippen molar-refractivity contribution in [3.05, 3.63) is 0 Å². The Hall–Kier alpha value is 1.78. The molecule has 0 saturated carbocycles. The van der Waals surface area contributed by atoms with Crippen molar-refractivity contribution in [1.29, 1.82) is 0 Å². The van der Waals surface area contributed by atoms with Crippen molar-refractivity contribution in [3.8, 4) is 0 Å². The monoisotopic (exact) mass is 355 g/mol. The van der Waals surface area contributed by atoms with Gasteiger partial charge in [0.15, 0.2) is 0 Å². The van der Waals surface area contributed by atoms with Gasteiger partial charge in [0.1, 0.15) is 0 Å². The summed E-state index contributed by atoms with van der Waals surface area (Å²) in [7, 11) is -10.8. The van der Waals surface area contributed by atoms with Gasteiger partial charge in [0, 0.05) is 0 Å². The van der Waals surface area contributed by atoms with Crippen molar-refractivity contribution in [2.75, 3.05) is 0 Å². The van der Waals surface area contributed by atoms with Crippen LogP contribution >= 0.6 is 15.6 Å². The molecule has 0 fully saturated rings. The molecule has 0 aromatic carbocycles. The van der Waals surface area contributed by atoms with E-state index in [9.17, 15) is 0 Å². The molecule has 0 aliphatic rings. The molecule has 0 amide bonds. The van der Waals surface area contributed by atoms with E-state index in [-0.39, 0.29) is 51.2 Å². The van der Waals surface area contributed by atoms with Crippen LogP contribution in [0.5, 0.6) is 0 Å². The molecule has 0 rings (SSSR count). The maximum absolute atomic E-state index is 8.55. The van der Waals surface area contributed by atoms with Crippen molar-refractivity contribution in [2.45, 2.75) is 0 Å². The summed E-state index contributed by atoms with van der Waals surface area (Å²) in [5.41, 5.74) is 0. The normalized spacial score (nSPS) is 9.08. The standard InChI is InChI=1S/3Mn.2H3O4P/c;;;2*1-5(2,3)4/h;;;2*(H3,1,2,3,4)/q3*+2;;/p-6. The quantitative estimate of drug-likeness (QED) is 0.305. The summed E-state index contributed by atoms with van der Waals surface area (Å²) in [4.78, 5) is 51.3. The summed E-state index contributed by atoms with van der Waals surface area (Å²) in [5.74, 6) is 0. The van der Waals surface area contributed by atoms with Crippen LogP contribution in [0.4, 0.5) is 0 Å². The summed E-state index contributed by atoms with van der Waals surface area (Å²) in [6.45, 7) is 0. The Morgan fingerprint density at radius 1 is 0.538 bits per heavy atom. The van der Waals surface area contributed by atoms with E-state index in [0.29, 0.717) is 0 Å². The van der Waals surface area contributed by atoms with Gasteiger partial charge in [-0.05, 0) is 0 Å². The zero-order valence-electron chi connectivity index (χ0n) is 5.29. The first-order chi connectivity index (χ1) is 4.00. The van der Waals surface area contributed by atoms with Crippen LogP contribution in [0.2, 0.25) is 0 Å². The molecule has 13 heavy (non-hydrogen) atoms. The third kappa shape index (κ3) is 604. The van der Waals surface area contributed by atoms with Gasteiger partial charge in [-0.25, -0.2) is 0 Å². The minimum Gasteiger partial charge on any atom is -0.822 e. The minimum atomic E-state index is -5.39. The van der Waals surface area contributed by atoms with E-state index in [4.69, 9.17) is 38.5 Å². The van der Waals surface area contributed by atoms with Crippen LogP contribution in [0.1, 0.15) is 0 Å². The molecule has 0 N–H and O–H groups in total. The van der Waals surface area contributed by atoms with E-state index in [0.717, 1.165) is 0 Å². The minimum absolute atomic E-state index is 0. The fourth-order valence-corrected chi connectivity index (χ4v) is 0. The molecular formula is Mn3O8P2. The topological polar surface area (TPSA) is 172 Å². The van der Waals surface area contributed by atoms with Crippen molar-refractivity contribution < 1.29 is 89.7 Å². The Balaban J connectivity index is -0.0000000267. The molecule has 0 aromatic rings. The molecule has 0 saturated heterocycles. The first kappa shape index (κ1) is 29.3. The Bertz CT molecular complexity index is 130. The zero-order chi connectivity index (χ0) is 9.00. The van der Waals surface area contributed by atoms with Gasteiger partial charge in [-0.2, -0.15) is 15.6 Å². The molecule has 79 valence electrons. The molecule has 0 unspecified atom stereocenters. The van der Waals surface area contributed by atoms with Crippen molar-refractivity contribution in [3.63, 3.8) is 0 Å². The van der Waals surface area contributed by atoms with E-state index in [1.807, 2.05) is 0 Å². The van der Waals surface area contributed by atoms with Crippen LogP contribution in [0.15, 0.2) is 0 Å². The summed E-state index contributed by atoms with van der Waals surface area (Å²) in [6.07, 6.45) is 0. The van der Waals surface area contributed by atoms with E-state index < -0.39 is 15.6 Å². The molecule has 0 aliphatic heterocycles. The summed E-state index contributed by atoms with van der Waals surface area (Å²) in [6, 6.07) is 0. The molecule has 0 bridgehead atoms. The number of hydrogen-bond acceptors (Lipinski definition) is 8. The van der Waals surface area contributed by atoms with Crippen LogP contribution in [0, 0.1) is 0 Å². The van der Waals surface area contributed by atoms with E-state index in [1.54, 1.807) is 0 Å². The van der Waals surface area contributed by atoms with Crippen molar-refractivity contribution >= 4 is 15.6 Å². The molecular weight excluding hydrogens is 355 g/mol. The Morgan fingerprint density at radius 3 is 0.538 bits per heavy atom. The van der Waals surface area contributed by atoms with Gasteiger partial charge in [0.2, 0.25) is 0 Å². The third-order valence-electron chi connectivity index (χ3n) is 0. The van der Waals surface area contributed by atoms with Crippen LogP contribution in [-0.2, 0) is 60.3 Å².